The summed E-state index contributed by atoms with van der Waals surface area (Å²) in [4.78, 5) is 4.62. The van der Waals surface area contributed by atoms with Gasteiger partial charge in [-0.3, -0.25) is 0 Å². The van der Waals surface area contributed by atoms with Gasteiger partial charge in [-0.2, -0.15) is 0 Å². The first-order valence-electron chi connectivity index (χ1n) is 6.53. The second-order valence-corrected chi connectivity index (χ2v) is 5.65. The molecule has 0 fully saturated rings. The monoisotopic (exact) mass is 285 g/mol. The van der Waals surface area contributed by atoms with Gasteiger partial charge >= 0.3 is 0 Å². The summed E-state index contributed by atoms with van der Waals surface area (Å²) in [5.74, 6) is 1.05. The molecule has 0 aliphatic carbocycles. The number of aromatic hydroxyl groups is 2. The predicted molar refractivity (Wildman–Crippen MR) is 83.1 cm³/mol. The third kappa shape index (κ3) is 2.27. The molecule has 2 aromatic rings. The molecule has 2 N–H and O–H groups in total. The minimum absolute atomic E-state index is 0.0744. The molecule has 0 bridgehead atoms. The van der Waals surface area contributed by atoms with Crippen molar-refractivity contribution in [3.8, 4) is 11.5 Å². The molecule has 0 radical (unpaired) electrons. The van der Waals surface area contributed by atoms with Crippen LogP contribution in [0.15, 0.2) is 41.4 Å². The SMILES string of the molecule is CCc1cc(C2=Nc3ccccc3CS2)c(O)cc1O. The molecule has 0 amide bonds. The maximum Gasteiger partial charge on any atom is 0.129 e. The highest BCUT2D eigenvalue weighted by atomic mass is 32.2. The van der Waals surface area contributed by atoms with Gasteiger partial charge in [0, 0.05) is 17.4 Å². The molecule has 4 heteroatoms. The fourth-order valence-electron chi connectivity index (χ4n) is 2.24. The number of rotatable bonds is 2. The molecule has 1 aliphatic heterocycles. The number of benzene rings is 2. The fraction of sp³-hybridized carbons (Fsp3) is 0.188. The molecule has 1 heterocycles. The highest BCUT2D eigenvalue weighted by molar-refractivity contribution is 8.13. The number of para-hydroxylation sites is 1. The fourth-order valence-corrected chi connectivity index (χ4v) is 3.26. The van der Waals surface area contributed by atoms with Crippen LogP contribution >= 0.6 is 11.8 Å². The third-order valence-electron chi connectivity index (χ3n) is 3.39. The van der Waals surface area contributed by atoms with E-state index in [9.17, 15) is 10.2 Å². The van der Waals surface area contributed by atoms with E-state index in [0.717, 1.165) is 22.0 Å². The second-order valence-electron chi connectivity index (χ2n) is 4.69. The van der Waals surface area contributed by atoms with Crippen LogP contribution in [0.1, 0.15) is 23.6 Å². The van der Waals surface area contributed by atoms with Gasteiger partial charge < -0.3 is 10.2 Å². The lowest BCUT2D eigenvalue weighted by atomic mass is 10.1. The van der Waals surface area contributed by atoms with E-state index in [1.807, 2.05) is 31.2 Å². The van der Waals surface area contributed by atoms with Crippen molar-refractivity contribution in [1.82, 2.24) is 0 Å². The molecule has 20 heavy (non-hydrogen) atoms. The minimum atomic E-state index is 0.0744. The molecule has 0 aromatic heterocycles. The smallest absolute Gasteiger partial charge is 0.129 e. The summed E-state index contributed by atoms with van der Waals surface area (Å²) in [5.41, 5.74) is 3.67. The van der Waals surface area contributed by atoms with E-state index in [1.165, 1.54) is 11.6 Å². The van der Waals surface area contributed by atoms with E-state index in [2.05, 4.69) is 11.1 Å². The van der Waals surface area contributed by atoms with Gasteiger partial charge in [0.25, 0.3) is 0 Å². The summed E-state index contributed by atoms with van der Waals surface area (Å²) in [7, 11) is 0. The lowest BCUT2D eigenvalue weighted by molar-refractivity contribution is 0.446. The zero-order valence-corrected chi connectivity index (χ0v) is 11.9. The molecule has 0 atom stereocenters. The van der Waals surface area contributed by atoms with Gasteiger partial charge in [-0.1, -0.05) is 25.1 Å². The van der Waals surface area contributed by atoms with Gasteiger partial charge in [0.05, 0.1) is 5.69 Å². The molecular weight excluding hydrogens is 270 g/mol. The van der Waals surface area contributed by atoms with E-state index in [0.29, 0.717) is 12.0 Å². The van der Waals surface area contributed by atoms with E-state index in [-0.39, 0.29) is 11.5 Å². The zero-order valence-electron chi connectivity index (χ0n) is 11.1. The van der Waals surface area contributed by atoms with Gasteiger partial charge in [-0.25, -0.2) is 4.99 Å². The molecule has 0 saturated heterocycles. The number of fused-ring (bicyclic) bond motifs is 1. The summed E-state index contributed by atoms with van der Waals surface area (Å²) in [6.07, 6.45) is 0.716. The first-order chi connectivity index (χ1) is 9.69. The Bertz CT molecular complexity index is 695. The van der Waals surface area contributed by atoms with Gasteiger partial charge in [0.1, 0.15) is 16.5 Å². The lowest BCUT2D eigenvalue weighted by Crippen LogP contribution is -2.02. The van der Waals surface area contributed by atoms with Gasteiger partial charge in [0.15, 0.2) is 0 Å². The number of aliphatic imine (C=N–C) groups is 1. The quantitative estimate of drug-likeness (QED) is 0.877. The molecular formula is C16H15NO2S. The molecule has 0 spiro atoms. The van der Waals surface area contributed by atoms with Crippen molar-refractivity contribution < 1.29 is 10.2 Å². The maximum absolute atomic E-state index is 10.1. The first-order valence-corrected chi connectivity index (χ1v) is 7.52. The molecule has 102 valence electrons. The first kappa shape index (κ1) is 13.1. The van der Waals surface area contributed by atoms with E-state index in [4.69, 9.17) is 0 Å². The summed E-state index contributed by atoms with van der Waals surface area (Å²) in [6, 6.07) is 11.2. The Morgan fingerprint density at radius 1 is 1.15 bits per heavy atom. The van der Waals surface area contributed by atoms with Crippen LogP contribution in [0.5, 0.6) is 11.5 Å². The average Bonchev–Trinajstić information content (AvgIpc) is 2.47. The van der Waals surface area contributed by atoms with Crippen LogP contribution in [0.3, 0.4) is 0 Å². The summed E-state index contributed by atoms with van der Waals surface area (Å²) in [5, 5.41) is 20.6. The molecule has 0 unspecified atom stereocenters. The summed E-state index contributed by atoms with van der Waals surface area (Å²) < 4.78 is 0. The second kappa shape index (κ2) is 5.21. The number of phenols is 2. The Kier molecular flexibility index (Phi) is 3.40. The van der Waals surface area contributed by atoms with Crippen molar-refractivity contribution in [1.29, 1.82) is 0 Å². The zero-order chi connectivity index (χ0) is 14.1. The Morgan fingerprint density at radius 2 is 1.95 bits per heavy atom. The van der Waals surface area contributed by atoms with Crippen molar-refractivity contribution >= 4 is 22.5 Å². The van der Waals surface area contributed by atoms with E-state index in [1.54, 1.807) is 11.8 Å². The average molecular weight is 285 g/mol. The van der Waals surface area contributed by atoms with Gasteiger partial charge in [-0.15, -0.1) is 11.8 Å². The van der Waals surface area contributed by atoms with E-state index >= 15 is 0 Å². The molecule has 1 aliphatic rings. The highest BCUT2D eigenvalue weighted by Crippen LogP contribution is 2.37. The van der Waals surface area contributed by atoms with Crippen LogP contribution < -0.4 is 0 Å². The topological polar surface area (TPSA) is 52.8 Å². The Hall–Kier alpha value is -1.94. The number of hydrogen-bond donors (Lipinski definition) is 2. The Labute approximate surface area is 122 Å². The Balaban J connectivity index is 2.09. The normalized spacial score (nSPS) is 13.8. The Morgan fingerprint density at radius 3 is 2.75 bits per heavy atom. The molecule has 3 nitrogen and oxygen atoms in total. The highest BCUT2D eigenvalue weighted by Gasteiger charge is 2.18. The molecule has 2 aromatic carbocycles. The molecule has 3 rings (SSSR count). The van der Waals surface area contributed by atoms with Crippen LogP contribution in [0, 0.1) is 0 Å². The van der Waals surface area contributed by atoms with E-state index < -0.39 is 0 Å². The number of phenolic OH excluding ortho intramolecular Hbond substituents is 2. The van der Waals surface area contributed by atoms with Crippen molar-refractivity contribution in [2.45, 2.75) is 19.1 Å². The number of aryl methyl sites for hydroxylation is 1. The van der Waals surface area contributed by atoms with Crippen LogP contribution in [-0.4, -0.2) is 15.3 Å². The van der Waals surface area contributed by atoms with Gasteiger partial charge in [-0.05, 0) is 29.7 Å². The van der Waals surface area contributed by atoms with Crippen LogP contribution in [0.25, 0.3) is 0 Å². The predicted octanol–water partition coefficient (Wildman–Crippen LogP) is 3.99. The van der Waals surface area contributed by atoms with Gasteiger partial charge in [0.2, 0.25) is 0 Å². The minimum Gasteiger partial charge on any atom is -0.508 e. The van der Waals surface area contributed by atoms with Crippen LogP contribution in [0.2, 0.25) is 0 Å². The van der Waals surface area contributed by atoms with Crippen molar-refractivity contribution in [2.24, 2.45) is 4.99 Å². The van der Waals surface area contributed by atoms with Crippen molar-refractivity contribution in [3.05, 3.63) is 53.1 Å². The maximum atomic E-state index is 10.1. The lowest BCUT2D eigenvalue weighted by Gasteiger charge is -2.16. The standard InChI is InChI=1S/C16H15NO2S/c1-2-10-7-12(15(19)8-14(10)18)16-17-13-6-4-3-5-11(13)9-20-16/h3-8,18-19H,2,9H2,1H3. The third-order valence-corrected chi connectivity index (χ3v) is 4.43. The number of nitrogens with zero attached hydrogens (tertiary/aromatic N) is 1. The van der Waals surface area contributed by atoms with Crippen LogP contribution in [-0.2, 0) is 12.2 Å². The summed E-state index contributed by atoms with van der Waals surface area (Å²) in [6.45, 7) is 1.97. The molecule has 0 saturated carbocycles. The largest absolute Gasteiger partial charge is 0.508 e. The van der Waals surface area contributed by atoms with Crippen LogP contribution in [0.4, 0.5) is 5.69 Å². The van der Waals surface area contributed by atoms with Crippen molar-refractivity contribution in [2.75, 3.05) is 0 Å². The van der Waals surface area contributed by atoms with Crippen molar-refractivity contribution in [3.63, 3.8) is 0 Å². The number of hydrogen-bond acceptors (Lipinski definition) is 4. The number of thioether (sulfide) groups is 1. The summed E-state index contributed by atoms with van der Waals surface area (Å²) >= 11 is 1.61.